The summed E-state index contributed by atoms with van der Waals surface area (Å²) in [7, 11) is 2.87. The number of hydrogen-bond donors (Lipinski definition) is 0. The molecule has 0 saturated heterocycles. The number of carbonyl (C=O) groups excluding carboxylic acids is 4. The van der Waals surface area contributed by atoms with Crippen molar-refractivity contribution in [1.29, 1.82) is 0 Å². The van der Waals surface area contributed by atoms with Crippen molar-refractivity contribution in [3.63, 3.8) is 0 Å². The van der Waals surface area contributed by atoms with Gasteiger partial charge in [-0.1, -0.05) is 45.4 Å². The van der Waals surface area contributed by atoms with E-state index in [0.29, 0.717) is 29.0 Å². The number of ether oxygens (including phenoxy) is 5. The molecule has 0 atom stereocenters. The number of esters is 4. The van der Waals surface area contributed by atoms with E-state index in [1.807, 2.05) is 53.7 Å². The molecule has 44 heavy (non-hydrogen) atoms. The quantitative estimate of drug-likeness (QED) is 0.150. The molecule has 0 amide bonds. The lowest BCUT2D eigenvalue weighted by atomic mass is 9.78. The van der Waals surface area contributed by atoms with Gasteiger partial charge in [0.1, 0.15) is 23.7 Å². The van der Waals surface area contributed by atoms with E-state index in [-0.39, 0.29) is 55.0 Å². The third kappa shape index (κ3) is 7.68. The number of methoxy groups -OCH3 is 2. The van der Waals surface area contributed by atoms with Crippen LogP contribution in [0.1, 0.15) is 97.6 Å². The van der Waals surface area contributed by atoms with Gasteiger partial charge in [0, 0.05) is 28.5 Å². The number of cyclic esters (lactones) is 1. The Kier molecular flexibility index (Phi) is 11.0. The largest absolute Gasteiger partial charge is 0.496 e. The Balaban J connectivity index is 2.02. The topological polar surface area (TPSA) is 114 Å². The van der Waals surface area contributed by atoms with Crippen LogP contribution >= 0.6 is 0 Å². The third-order valence-electron chi connectivity index (χ3n) is 7.84. The highest BCUT2D eigenvalue weighted by atomic mass is 16.6. The van der Waals surface area contributed by atoms with Gasteiger partial charge in [-0.05, 0) is 63.3 Å². The van der Waals surface area contributed by atoms with Crippen molar-refractivity contribution in [3.8, 4) is 17.2 Å². The smallest absolute Gasteiger partial charge is 0.342 e. The molecule has 9 nitrogen and oxygen atoms in total. The molecular weight excluding hydrogens is 564 g/mol. The molecule has 0 spiro atoms. The van der Waals surface area contributed by atoms with Crippen molar-refractivity contribution in [1.82, 2.24) is 0 Å². The maximum absolute atomic E-state index is 13.7. The molecule has 0 fully saturated rings. The summed E-state index contributed by atoms with van der Waals surface area (Å²) >= 11 is 0. The van der Waals surface area contributed by atoms with Gasteiger partial charge in [0.2, 0.25) is 0 Å². The average Bonchev–Trinajstić information content (AvgIpc) is 3.32. The lowest BCUT2D eigenvalue weighted by Gasteiger charge is -2.29. The summed E-state index contributed by atoms with van der Waals surface area (Å²) in [6.45, 7) is 14.9. The molecule has 238 valence electrons. The molecule has 0 unspecified atom stereocenters. The monoisotopic (exact) mass is 608 g/mol. The van der Waals surface area contributed by atoms with Gasteiger partial charge < -0.3 is 23.7 Å². The molecule has 0 bridgehead atoms. The molecular formula is C35H44O9. The third-order valence-corrected chi connectivity index (χ3v) is 7.84. The summed E-state index contributed by atoms with van der Waals surface area (Å²) in [4.78, 5) is 50.8. The highest BCUT2D eigenvalue weighted by molar-refractivity contribution is 5.99. The normalized spacial score (nSPS) is 13.0. The molecule has 1 aliphatic heterocycles. The van der Waals surface area contributed by atoms with E-state index in [9.17, 15) is 19.2 Å². The molecule has 1 aliphatic rings. The molecule has 2 aromatic rings. The summed E-state index contributed by atoms with van der Waals surface area (Å²) in [5.41, 5.74) is 4.75. The Morgan fingerprint density at radius 3 is 2.30 bits per heavy atom. The van der Waals surface area contributed by atoms with E-state index in [1.54, 1.807) is 19.9 Å². The Bertz CT molecular complexity index is 1490. The standard InChI is InChI=1S/C35H44O9/c1-19(2)33(38)43-26-16-21(4)15-22(5)30(26)35(7,8)17-28(37)44-32-24(13-11-20(3)12-14-27(36)40-9)31(41-10)23(6)25-18-42-34(39)29(25)32/h11,15-16,19H,12-14,17-18H2,1-10H3/b20-11+. The summed E-state index contributed by atoms with van der Waals surface area (Å²) in [5.74, 6) is -1.13. The molecule has 9 heteroatoms. The van der Waals surface area contributed by atoms with Crippen LogP contribution in [0, 0.1) is 26.7 Å². The second kappa shape index (κ2) is 14.1. The lowest BCUT2D eigenvalue weighted by Crippen LogP contribution is -2.28. The second-order valence-electron chi connectivity index (χ2n) is 12.3. The number of fused-ring (bicyclic) bond motifs is 1. The first-order valence-corrected chi connectivity index (χ1v) is 14.8. The van der Waals surface area contributed by atoms with Gasteiger partial charge in [-0.15, -0.1) is 0 Å². The van der Waals surface area contributed by atoms with E-state index in [4.69, 9.17) is 23.7 Å². The van der Waals surface area contributed by atoms with Gasteiger partial charge in [-0.2, -0.15) is 0 Å². The van der Waals surface area contributed by atoms with Crippen molar-refractivity contribution < 1.29 is 42.9 Å². The summed E-state index contributed by atoms with van der Waals surface area (Å²) < 4.78 is 27.7. The van der Waals surface area contributed by atoms with E-state index >= 15 is 0 Å². The number of benzene rings is 2. The summed E-state index contributed by atoms with van der Waals surface area (Å²) in [6.07, 6.45) is 2.85. The highest BCUT2D eigenvalue weighted by Gasteiger charge is 2.36. The van der Waals surface area contributed by atoms with Crippen LogP contribution in [0.3, 0.4) is 0 Å². The zero-order valence-electron chi connectivity index (χ0n) is 27.5. The van der Waals surface area contributed by atoms with Crippen molar-refractivity contribution in [2.75, 3.05) is 14.2 Å². The van der Waals surface area contributed by atoms with Gasteiger partial charge in [0.05, 0.1) is 26.6 Å². The fraction of sp³-hybridized carbons (Fsp3) is 0.486. The zero-order valence-corrected chi connectivity index (χ0v) is 27.5. The number of carbonyl (C=O) groups is 4. The Labute approximate surface area is 259 Å². The van der Waals surface area contributed by atoms with Crippen LogP contribution in [-0.4, -0.2) is 38.1 Å². The molecule has 0 aromatic heterocycles. The lowest BCUT2D eigenvalue weighted by molar-refractivity contribution is -0.140. The molecule has 0 saturated carbocycles. The number of allylic oxidation sites excluding steroid dienone is 2. The molecule has 0 radical (unpaired) electrons. The summed E-state index contributed by atoms with van der Waals surface area (Å²) in [6, 6.07) is 3.78. The van der Waals surface area contributed by atoms with Crippen LogP contribution in [0.15, 0.2) is 23.8 Å². The Hall–Kier alpha value is -4.14. The first-order chi connectivity index (χ1) is 20.6. The fourth-order valence-electron chi connectivity index (χ4n) is 5.60. The minimum atomic E-state index is -0.801. The van der Waals surface area contributed by atoms with Crippen LogP contribution in [0.4, 0.5) is 0 Å². The number of rotatable bonds is 12. The molecule has 3 rings (SSSR count). The van der Waals surface area contributed by atoms with Gasteiger partial charge in [-0.3, -0.25) is 14.4 Å². The zero-order chi connectivity index (χ0) is 32.9. The van der Waals surface area contributed by atoms with Crippen molar-refractivity contribution in [2.24, 2.45) is 5.92 Å². The Morgan fingerprint density at radius 1 is 1.00 bits per heavy atom. The molecule has 1 heterocycles. The predicted octanol–water partition coefficient (Wildman–Crippen LogP) is 6.57. The van der Waals surface area contributed by atoms with Gasteiger partial charge in [0.25, 0.3) is 0 Å². The first-order valence-electron chi connectivity index (χ1n) is 14.8. The van der Waals surface area contributed by atoms with Crippen molar-refractivity contribution >= 4 is 23.9 Å². The van der Waals surface area contributed by atoms with Crippen LogP contribution in [0.2, 0.25) is 0 Å². The van der Waals surface area contributed by atoms with E-state index in [1.165, 1.54) is 14.2 Å². The van der Waals surface area contributed by atoms with Gasteiger partial charge in [0.15, 0.2) is 5.75 Å². The molecule has 0 aliphatic carbocycles. The maximum atomic E-state index is 13.7. The SMILES string of the molecule is COC(=O)CC/C(C)=C/Cc1c(OC)c(C)c2c(c1OC(=O)CC(C)(C)c1c(C)cc(C)cc1OC(=O)C(C)C)C(=O)OC2. The van der Waals surface area contributed by atoms with Crippen LogP contribution in [0.25, 0.3) is 0 Å². The van der Waals surface area contributed by atoms with Crippen molar-refractivity contribution in [3.05, 3.63) is 62.7 Å². The summed E-state index contributed by atoms with van der Waals surface area (Å²) in [5, 5.41) is 0. The van der Waals surface area contributed by atoms with Crippen molar-refractivity contribution in [2.45, 2.75) is 93.1 Å². The van der Waals surface area contributed by atoms with E-state index in [2.05, 4.69) is 0 Å². The number of aryl methyl sites for hydroxylation is 2. The van der Waals surface area contributed by atoms with Gasteiger partial charge in [-0.25, -0.2) is 4.79 Å². The van der Waals surface area contributed by atoms with Crippen LogP contribution in [-0.2, 0) is 42.3 Å². The van der Waals surface area contributed by atoms with Gasteiger partial charge >= 0.3 is 23.9 Å². The average molecular weight is 609 g/mol. The molecule has 2 aromatic carbocycles. The highest BCUT2D eigenvalue weighted by Crippen LogP contribution is 2.44. The predicted molar refractivity (Wildman–Crippen MR) is 165 cm³/mol. The van der Waals surface area contributed by atoms with E-state index in [0.717, 1.165) is 27.8 Å². The van der Waals surface area contributed by atoms with Crippen LogP contribution in [0.5, 0.6) is 17.2 Å². The molecule has 0 N–H and O–H groups in total. The number of hydrogen-bond acceptors (Lipinski definition) is 9. The maximum Gasteiger partial charge on any atom is 0.342 e. The fourth-order valence-corrected chi connectivity index (χ4v) is 5.60. The Morgan fingerprint density at radius 2 is 1.68 bits per heavy atom. The minimum absolute atomic E-state index is 0.0494. The van der Waals surface area contributed by atoms with Crippen LogP contribution < -0.4 is 14.2 Å². The minimum Gasteiger partial charge on any atom is -0.496 e. The van der Waals surface area contributed by atoms with E-state index < -0.39 is 17.4 Å². The first kappa shape index (κ1) is 34.4. The second-order valence-corrected chi connectivity index (χ2v) is 12.3.